The molecule has 2 amide bonds. The average molecular weight is 426 g/mol. The normalized spacial score (nSPS) is 17.7. The molecule has 3 N–H and O–H groups in total. The van der Waals surface area contributed by atoms with E-state index in [0.717, 1.165) is 16.8 Å². The summed E-state index contributed by atoms with van der Waals surface area (Å²) >= 11 is 1.52. The second-order valence-electron chi connectivity index (χ2n) is 6.63. The fraction of sp³-hybridized carbons (Fsp3) is 0.211. The number of amides is 2. The molecule has 10 nitrogen and oxygen atoms in total. The number of benzene rings is 1. The number of rotatable bonds is 6. The molecule has 2 aromatic heterocycles. The van der Waals surface area contributed by atoms with Crippen LogP contribution in [0.2, 0.25) is 0 Å². The van der Waals surface area contributed by atoms with E-state index in [1.807, 2.05) is 6.92 Å². The van der Waals surface area contributed by atoms with E-state index in [2.05, 4.69) is 20.6 Å². The zero-order valence-electron chi connectivity index (χ0n) is 16.2. The molecule has 1 aromatic carbocycles. The molecule has 4 rings (SSSR count). The minimum Gasteiger partial charge on any atom is -0.488 e. The molecule has 0 aliphatic carbocycles. The van der Waals surface area contributed by atoms with Gasteiger partial charge in [0.05, 0.1) is 27.8 Å². The van der Waals surface area contributed by atoms with Gasteiger partial charge in [-0.3, -0.25) is 14.3 Å². The van der Waals surface area contributed by atoms with Gasteiger partial charge >= 0.3 is 0 Å². The third-order valence-corrected chi connectivity index (χ3v) is 5.58. The fourth-order valence-corrected chi connectivity index (χ4v) is 3.70. The standard InChI is InChI=1S/C19H18N6O4S/c1-11-15(30-10-21-11)8-28-12-3-4-14-13(7-12)16(25(2)24-14)17(26)23-19(18(20)27)5-6-29-22-9-19/h3-7,9-10H,8H2,1-2H3,(H2,20,27)(H,23,26). The summed E-state index contributed by atoms with van der Waals surface area (Å²) in [6, 6.07) is 5.28. The molecule has 1 unspecified atom stereocenters. The topological polar surface area (TPSA) is 134 Å². The molecule has 1 aliphatic rings. The van der Waals surface area contributed by atoms with E-state index in [1.54, 1.807) is 30.8 Å². The van der Waals surface area contributed by atoms with Crippen molar-refractivity contribution in [3.63, 3.8) is 0 Å². The third-order valence-electron chi connectivity index (χ3n) is 4.67. The first-order valence-electron chi connectivity index (χ1n) is 8.88. The molecule has 3 heterocycles. The Kier molecular flexibility index (Phi) is 4.96. The molecule has 3 aromatic rings. The molecule has 154 valence electrons. The molecule has 0 radical (unpaired) electrons. The maximum absolute atomic E-state index is 13.1. The number of nitrogens with two attached hydrogens (primary N) is 1. The number of oxime groups is 1. The molecule has 0 fully saturated rings. The highest BCUT2D eigenvalue weighted by molar-refractivity contribution is 7.09. The summed E-state index contributed by atoms with van der Waals surface area (Å²) < 4.78 is 7.31. The number of carbonyl (C=O) groups excluding carboxylic acids is 2. The molecule has 0 saturated heterocycles. The smallest absolute Gasteiger partial charge is 0.271 e. The minimum atomic E-state index is -1.59. The zero-order valence-corrected chi connectivity index (χ0v) is 17.0. The number of carbonyl (C=O) groups is 2. The summed E-state index contributed by atoms with van der Waals surface area (Å²) in [6.45, 7) is 2.29. The summed E-state index contributed by atoms with van der Waals surface area (Å²) in [4.78, 5) is 35.0. The number of nitrogens with one attached hydrogen (secondary N) is 1. The number of ether oxygens (including phenoxy) is 1. The van der Waals surface area contributed by atoms with Gasteiger partial charge in [-0.15, -0.1) is 11.3 Å². The molecular formula is C19H18N6O4S. The van der Waals surface area contributed by atoms with Crippen molar-refractivity contribution in [1.82, 2.24) is 20.1 Å². The Morgan fingerprint density at radius 1 is 1.40 bits per heavy atom. The van der Waals surface area contributed by atoms with Gasteiger partial charge in [-0.2, -0.15) is 5.10 Å². The van der Waals surface area contributed by atoms with Crippen LogP contribution in [0.5, 0.6) is 5.75 Å². The van der Waals surface area contributed by atoms with Gasteiger partial charge in [-0.25, -0.2) is 4.98 Å². The van der Waals surface area contributed by atoms with Gasteiger partial charge in [-0.1, -0.05) is 5.16 Å². The molecule has 30 heavy (non-hydrogen) atoms. The first-order chi connectivity index (χ1) is 14.4. The molecule has 0 bridgehead atoms. The second kappa shape index (κ2) is 7.59. The third kappa shape index (κ3) is 3.50. The van der Waals surface area contributed by atoms with Gasteiger partial charge in [0.1, 0.15) is 24.3 Å². The van der Waals surface area contributed by atoms with Crippen molar-refractivity contribution < 1.29 is 19.2 Å². The van der Waals surface area contributed by atoms with Gasteiger partial charge in [-0.05, 0) is 31.2 Å². The van der Waals surface area contributed by atoms with Crippen LogP contribution in [0.4, 0.5) is 0 Å². The summed E-state index contributed by atoms with van der Waals surface area (Å²) in [7, 11) is 1.64. The van der Waals surface area contributed by atoms with Crippen molar-refractivity contribution in [3.8, 4) is 5.75 Å². The predicted octanol–water partition coefficient (Wildman–Crippen LogP) is 1.40. The average Bonchev–Trinajstić information content (AvgIpc) is 3.28. The van der Waals surface area contributed by atoms with Crippen molar-refractivity contribution in [2.45, 2.75) is 19.1 Å². The number of fused-ring (bicyclic) bond motifs is 1. The number of nitrogens with zero attached hydrogens (tertiary/aromatic N) is 4. The molecule has 0 spiro atoms. The van der Waals surface area contributed by atoms with E-state index < -0.39 is 17.4 Å². The Bertz CT molecular complexity index is 1180. The summed E-state index contributed by atoms with van der Waals surface area (Å²) in [5, 5.41) is 11.1. The van der Waals surface area contributed by atoms with E-state index in [-0.39, 0.29) is 5.69 Å². The Labute approximate surface area is 175 Å². The second-order valence-corrected chi connectivity index (χ2v) is 7.57. The first-order valence-corrected chi connectivity index (χ1v) is 9.76. The van der Waals surface area contributed by atoms with Crippen LogP contribution in [0.3, 0.4) is 0 Å². The van der Waals surface area contributed by atoms with E-state index in [9.17, 15) is 9.59 Å². The van der Waals surface area contributed by atoms with Crippen molar-refractivity contribution in [2.24, 2.45) is 17.9 Å². The fourth-order valence-electron chi connectivity index (χ4n) is 3.01. The van der Waals surface area contributed by atoms with Crippen LogP contribution >= 0.6 is 11.3 Å². The molecular weight excluding hydrogens is 408 g/mol. The highest BCUT2D eigenvalue weighted by Crippen LogP contribution is 2.25. The number of thiazole rings is 1. The van der Waals surface area contributed by atoms with E-state index in [1.165, 1.54) is 28.4 Å². The summed E-state index contributed by atoms with van der Waals surface area (Å²) in [5.41, 5.74) is 7.43. The van der Waals surface area contributed by atoms with Crippen molar-refractivity contribution in [1.29, 1.82) is 0 Å². The quantitative estimate of drug-likeness (QED) is 0.612. The Morgan fingerprint density at radius 3 is 2.90 bits per heavy atom. The number of aryl methyl sites for hydroxylation is 2. The Hall–Kier alpha value is -3.73. The van der Waals surface area contributed by atoms with Crippen molar-refractivity contribution in [2.75, 3.05) is 0 Å². The van der Waals surface area contributed by atoms with Crippen LogP contribution in [0, 0.1) is 6.92 Å². The maximum Gasteiger partial charge on any atom is 0.271 e. The van der Waals surface area contributed by atoms with Crippen molar-refractivity contribution >= 4 is 40.3 Å². The largest absolute Gasteiger partial charge is 0.488 e. The van der Waals surface area contributed by atoms with Gasteiger partial charge in [0.25, 0.3) is 11.8 Å². The van der Waals surface area contributed by atoms with Gasteiger partial charge in [0, 0.05) is 12.4 Å². The van der Waals surface area contributed by atoms with Gasteiger partial charge in [0.15, 0.2) is 5.54 Å². The predicted molar refractivity (Wildman–Crippen MR) is 110 cm³/mol. The number of primary amides is 1. The molecule has 11 heteroatoms. The highest BCUT2D eigenvalue weighted by Gasteiger charge is 2.37. The first kappa shape index (κ1) is 19.6. The molecule has 1 aliphatic heterocycles. The monoisotopic (exact) mass is 426 g/mol. The Balaban J connectivity index is 1.64. The van der Waals surface area contributed by atoms with Crippen LogP contribution in [-0.4, -0.2) is 38.3 Å². The SMILES string of the molecule is Cc1ncsc1COc1ccc2nn(C)c(C(=O)NC3(C(N)=O)C=CON=C3)c2c1. The highest BCUT2D eigenvalue weighted by atomic mass is 32.1. The molecule has 0 saturated carbocycles. The van der Waals surface area contributed by atoms with Crippen LogP contribution < -0.4 is 15.8 Å². The van der Waals surface area contributed by atoms with Gasteiger partial charge in [0.2, 0.25) is 0 Å². The van der Waals surface area contributed by atoms with Crippen LogP contribution in [0.15, 0.2) is 41.2 Å². The lowest BCUT2D eigenvalue weighted by molar-refractivity contribution is -0.120. The molecule has 1 atom stereocenters. The van der Waals surface area contributed by atoms with E-state index >= 15 is 0 Å². The minimum absolute atomic E-state index is 0.248. The Morgan fingerprint density at radius 2 is 2.23 bits per heavy atom. The van der Waals surface area contributed by atoms with Crippen LogP contribution in [-0.2, 0) is 23.3 Å². The number of aromatic nitrogens is 3. The summed E-state index contributed by atoms with van der Waals surface area (Å²) in [5.74, 6) is -0.767. The number of hydrogen-bond donors (Lipinski definition) is 2. The summed E-state index contributed by atoms with van der Waals surface area (Å²) in [6.07, 6.45) is 3.64. The number of hydrogen-bond acceptors (Lipinski definition) is 8. The van der Waals surface area contributed by atoms with E-state index in [0.29, 0.717) is 23.3 Å². The zero-order chi connectivity index (χ0) is 21.3. The lowest BCUT2D eigenvalue weighted by atomic mass is 9.99. The maximum atomic E-state index is 13.1. The van der Waals surface area contributed by atoms with Crippen molar-refractivity contribution in [3.05, 3.63) is 52.3 Å². The van der Waals surface area contributed by atoms with E-state index in [4.69, 9.17) is 15.3 Å². The van der Waals surface area contributed by atoms with Crippen LogP contribution in [0.1, 0.15) is 21.1 Å². The lowest BCUT2D eigenvalue weighted by Gasteiger charge is -2.25. The lowest BCUT2D eigenvalue weighted by Crippen LogP contribution is -2.58. The van der Waals surface area contributed by atoms with Gasteiger partial charge < -0.3 is 20.6 Å². The van der Waals surface area contributed by atoms with Crippen LogP contribution in [0.25, 0.3) is 10.9 Å².